The third-order valence-corrected chi connectivity index (χ3v) is 10.9. The van der Waals surface area contributed by atoms with Crippen LogP contribution in [0, 0.1) is 17.7 Å². The molecule has 2 saturated heterocycles. The minimum atomic E-state index is -0.632. The van der Waals surface area contributed by atoms with E-state index in [4.69, 9.17) is 15.2 Å². The molecule has 0 spiro atoms. The molecule has 280 valence electrons. The lowest BCUT2D eigenvalue weighted by atomic mass is 10.00. The predicted octanol–water partition coefficient (Wildman–Crippen LogP) is 6.53. The number of amides is 2. The van der Waals surface area contributed by atoms with Crippen LogP contribution < -0.4 is 21.2 Å². The molecule has 3 N–H and O–H groups in total. The topological polar surface area (TPSA) is 142 Å². The molecule has 9 rings (SSSR count). The van der Waals surface area contributed by atoms with Crippen LogP contribution in [0.2, 0.25) is 0 Å². The van der Waals surface area contributed by atoms with E-state index in [-0.39, 0.29) is 28.5 Å². The standard InChI is InChI=1S/C43H41FN6O5/c44-37-16-31(48-42(52)36-22-49(19-25-1-2-25)21-35(40(36)51)38-12-7-29(17-46-38)27-3-4-27)8-11-33(37)34-15-30(18-47-41(34)45)28-5-9-32(10-6-28)55-39-13-14-50(43(39)53)20-26-23-54-24-26/h5-12,15-18,21-22,25-27,39H,1-4,13-14,19-20,23-24H2,(H2,45,47)(H,48,52)/t39-/m1/s1. The van der Waals surface area contributed by atoms with Gasteiger partial charge in [0.2, 0.25) is 5.43 Å². The summed E-state index contributed by atoms with van der Waals surface area (Å²) in [6, 6.07) is 17.3. The summed E-state index contributed by atoms with van der Waals surface area (Å²) in [6.45, 7) is 3.46. The van der Waals surface area contributed by atoms with Gasteiger partial charge in [-0.15, -0.1) is 0 Å². The molecule has 4 fully saturated rings. The number of likely N-dealkylation sites (tertiary alicyclic amines) is 1. The SMILES string of the molecule is Nc1ncc(-c2ccc(O[C@@H]3CCN(CC4COC4)C3=O)cc2)cc1-c1ccc(NC(=O)c2cn(CC3CC3)cc(-c3ccc(C4CC4)cn3)c2=O)cc1F. The smallest absolute Gasteiger partial charge is 0.263 e. The first-order valence-corrected chi connectivity index (χ1v) is 19.0. The molecule has 5 heterocycles. The molecular formula is C43H41FN6O5. The van der Waals surface area contributed by atoms with E-state index in [2.05, 4.69) is 15.3 Å². The molecule has 0 unspecified atom stereocenters. The average molecular weight is 741 g/mol. The van der Waals surface area contributed by atoms with Gasteiger partial charge < -0.3 is 30.0 Å². The monoisotopic (exact) mass is 740 g/mol. The number of aromatic nitrogens is 3. The Labute approximate surface area is 317 Å². The fourth-order valence-electron chi connectivity index (χ4n) is 7.35. The van der Waals surface area contributed by atoms with Crippen molar-refractivity contribution in [3.63, 3.8) is 0 Å². The molecule has 0 bridgehead atoms. The summed E-state index contributed by atoms with van der Waals surface area (Å²) in [5.74, 6) is 0.911. The number of carbonyl (C=O) groups excluding carboxylic acids is 2. The maximum Gasteiger partial charge on any atom is 0.263 e. The molecule has 1 atom stereocenters. The number of rotatable bonds is 12. The molecule has 0 radical (unpaired) electrons. The molecule has 5 aromatic rings. The Morgan fingerprint density at radius 3 is 2.36 bits per heavy atom. The summed E-state index contributed by atoms with van der Waals surface area (Å²) >= 11 is 0. The number of anilines is 2. The fourth-order valence-corrected chi connectivity index (χ4v) is 7.35. The number of hydrogen-bond donors (Lipinski definition) is 2. The summed E-state index contributed by atoms with van der Waals surface area (Å²) in [6.07, 6.45) is 11.4. The maximum absolute atomic E-state index is 15.8. The van der Waals surface area contributed by atoms with Gasteiger partial charge in [-0.05, 0) is 91.1 Å². The van der Waals surface area contributed by atoms with Gasteiger partial charge in [0.15, 0.2) is 6.10 Å². The van der Waals surface area contributed by atoms with Gasteiger partial charge in [0.1, 0.15) is 22.9 Å². The maximum atomic E-state index is 15.8. The molecule has 2 aliphatic carbocycles. The van der Waals surface area contributed by atoms with Gasteiger partial charge in [0.05, 0.1) is 24.5 Å². The van der Waals surface area contributed by atoms with Crippen LogP contribution >= 0.6 is 0 Å². The van der Waals surface area contributed by atoms with Gasteiger partial charge in [-0.2, -0.15) is 0 Å². The molecule has 2 aliphatic heterocycles. The van der Waals surface area contributed by atoms with Crippen LogP contribution in [0.5, 0.6) is 5.75 Å². The lowest BCUT2D eigenvalue weighted by Gasteiger charge is -2.30. The zero-order valence-corrected chi connectivity index (χ0v) is 30.2. The molecule has 11 nitrogen and oxygen atoms in total. The Morgan fingerprint density at radius 1 is 0.855 bits per heavy atom. The second-order valence-corrected chi connectivity index (χ2v) is 15.2. The number of ether oxygens (including phenoxy) is 2. The van der Waals surface area contributed by atoms with Crippen molar-refractivity contribution < 1.29 is 23.5 Å². The van der Waals surface area contributed by atoms with Crippen LogP contribution in [0.1, 0.15) is 53.9 Å². The van der Waals surface area contributed by atoms with Crippen molar-refractivity contribution in [1.29, 1.82) is 0 Å². The normalized spacial score (nSPS) is 18.3. The van der Waals surface area contributed by atoms with Crippen LogP contribution in [0.4, 0.5) is 15.9 Å². The van der Waals surface area contributed by atoms with E-state index < -0.39 is 23.3 Å². The fraction of sp³-hybridized carbons (Fsp3) is 0.326. The summed E-state index contributed by atoms with van der Waals surface area (Å²) in [5, 5.41) is 2.73. The minimum absolute atomic E-state index is 0.000163. The first-order chi connectivity index (χ1) is 26.8. The number of nitrogens with zero attached hydrogens (tertiary/aromatic N) is 4. The Balaban J connectivity index is 0.904. The van der Waals surface area contributed by atoms with Crippen molar-refractivity contribution in [3.05, 3.63) is 113 Å². The van der Waals surface area contributed by atoms with Crippen molar-refractivity contribution in [2.75, 3.05) is 37.4 Å². The van der Waals surface area contributed by atoms with E-state index in [0.29, 0.717) is 85.2 Å². The molecule has 4 aliphatic rings. The van der Waals surface area contributed by atoms with Crippen LogP contribution in [-0.4, -0.2) is 63.7 Å². The van der Waals surface area contributed by atoms with E-state index in [1.165, 1.54) is 12.1 Å². The van der Waals surface area contributed by atoms with E-state index in [0.717, 1.165) is 36.8 Å². The summed E-state index contributed by atoms with van der Waals surface area (Å²) < 4.78 is 29.0. The second-order valence-electron chi connectivity index (χ2n) is 15.2. The van der Waals surface area contributed by atoms with Crippen LogP contribution in [0.15, 0.2) is 90.2 Å². The number of carbonyl (C=O) groups is 2. The lowest BCUT2D eigenvalue weighted by Crippen LogP contribution is -2.42. The number of hydrogen-bond acceptors (Lipinski definition) is 8. The number of nitrogens with one attached hydrogen (secondary N) is 1. The van der Waals surface area contributed by atoms with Crippen LogP contribution in [0.25, 0.3) is 33.5 Å². The Morgan fingerprint density at radius 2 is 1.67 bits per heavy atom. The molecule has 12 heteroatoms. The highest BCUT2D eigenvalue weighted by molar-refractivity contribution is 6.04. The Kier molecular flexibility index (Phi) is 9.13. The zero-order valence-electron chi connectivity index (χ0n) is 30.2. The van der Waals surface area contributed by atoms with Crippen molar-refractivity contribution in [3.8, 4) is 39.3 Å². The summed E-state index contributed by atoms with van der Waals surface area (Å²) in [7, 11) is 0. The third-order valence-electron chi connectivity index (χ3n) is 10.9. The van der Waals surface area contributed by atoms with Crippen molar-refractivity contribution in [2.24, 2.45) is 11.8 Å². The Bertz CT molecular complexity index is 2330. The molecule has 3 aromatic heterocycles. The van der Waals surface area contributed by atoms with Gasteiger partial charge in [-0.25, -0.2) is 9.37 Å². The van der Waals surface area contributed by atoms with Gasteiger partial charge >= 0.3 is 0 Å². The number of pyridine rings is 3. The van der Waals surface area contributed by atoms with Gasteiger partial charge in [-0.1, -0.05) is 18.2 Å². The molecule has 55 heavy (non-hydrogen) atoms. The number of nitrogen functional groups attached to an aromatic ring is 1. The van der Waals surface area contributed by atoms with Gasteiger partial charge in [0.25, 0.3) is 11.8 Å². The van der Waals surface area contributed by atoms with Crippen LogP contribution in [0.3, 0.4) is 0 Å². The van der Waals surface area contributed by atoms with E-state index >= 15 is 4.39 Å². The lowest BCUT2D eigenvalue weighted by molar-refractivity contribution is -0.136. The number of benzene rings is 2. The summed E-state index contributed by atoms with van der Waals surface area (Å²) in [5.41, 5.74) is 10.1. The van der Waals surface area contributed by atoms with Crippen molar-refractivity contribution in [1.82, 2.24) is 19.4 Å². The highest BCUT2D eigenvalue weighted by atomic mass is 19.1. The van der Waals surface area contributed by atoms with Crippen molar-refractivity contribution >= 4 is 23.3 Å². The van der Waals surface area contributed by atoms with Gasteiger partial charge in [-0.3, -0.25) is 19.4 Å². The highest BCUT2D eigenvalue weighted by Gasteiger charge is 2.36. The highest BCUT2D eigenvalue weighted by Crippen LogP contribution is 2.40. The van der Waals surface area contributed by atoms with Crippen LogP contribution in [-0.2, 0) is 16.1 Å². The number of nitrogens with two attached hydrogens (primary N) is 1. The zero-order chi connectivity index (χ0) is 37.6. The largest absolute Gasteiger partial charge is 0.481 e. The molecular weight excluding hydrogens is 700 g/mol. The molecule has 2 saturated carbocycles. The van der Waals surface area contributed by atoms with E-state index in [1.54, 1.807) is 42.9 Å². The van der Waals surface area contributed by atoms with Crippen molar-refractivity contribution in [2.45, 2.75) is 50.7 Å². The third kappa shape index (κ3) is 7.46. The molecule has 2 amide bonds. The van der Waals surface area contributed by atoms with E-state index in [9.17, 15) is 14.4 Å². The first-order valence-electron chi connectivity index (χ1n) is 19.0. The predicted molar refractivity (Wildman–Crippen MR) is 206 cm³/mol. The summed E-state index contributed by atoms with van der Waals surface area (Å²) in [4.78, 5) is 51.0. The van der Waals surface area contributed by atoms with E-state index in [1.807, 2.05) is 39.9 Å². The quantitative estimate of drug-likeness (QED) is 0.147. The average Bonchev–Trinajstić information content (AvgIpc) is 4.12. The number of halogens is 1. The Hall–Kier alpha value is -5.88. The minimum Gasteiger partial charge on any atom is -0.481 e. The molecule has 2 aromatic carbocycles. The van der Waals surface area contributed by atoms with Gasteiger partial charge in [0, 0.05) is 79.1 Å². The first kappa shape index (κ1) is 34.9. The second kappa shape index (κ2) is 14.4.